The predicted molar refractivity (Wildman–Crippen MR) is 36.2 cm³/mol. The Labute approximate surface area is 61.7 Å². The first kappa shape index (κ1) is 7.14. The summed E-state index contributed by atoms with van der Waals surface area (Å²) in [5.41, 5.74) is 0. The summed E-state index contributed by atoms with van der Waals surface area (Å²) in [5, 5.41) is 8.47. The second-order valence-corrected chi connectivity index (χ2v) is 2.43. The third kappa shape index (κ3) is 1.30. The largest absolute Gasteiger partial charge is 0.476 e. The molecule has 0 aromatic carbocycles. The zero-order valence-electron chi connectivity index (χ0n) is 5.37. The van der Waals surface area contributed by atoms with Crippen molar-refractivity contribution in [1.82, 2.24) is 9.36 Å². The Bertz CT molecular complexity index is 246. The van der Waals surface area contributed by atoms with Crippen molar-refractivity contribution < 1.29 is 9.90 Å². The number of carbonyl (C=O) groups is 1. The molecule has 0 saturated heterocycles. The van der Waals surface area contributed by atoms with Crippen LogP contribution in [0.4, 0.5) is 0 Å². The first-order valence-corrected chi connectivity index (χ1v) is 3.57. The molecule has 1 aromatic heterocycles. The summed E-state index contributed by atoms with van der Waals surface area (Å²) < 4.78 is 3.81. The van der Waals surface area contributed by atoms with Crippen LogP contribution in [0.2, 0.25) is 0 Å². The normalized spacial score (nSPS) is 9.70. The van der Waals surface area contributed by atoms with Crippen molar-refractivity contribution in [2.75, 3.05) is 0 Å². The van der Waals surface area contributed by atoms with Gasteiger partial charge in [-0.1, -0.05) is 6.92 Å². The fourth-order valence-corrected chi connectivity index (χ4v) is 1.07. The summed E-state index contributed by atoms with van der Waals surface area (Å²) in [6.45, 7) is 1.88. The Hall–Kier alpha value is -0.970. The molecule has 1 rings (SSSR count). The van der Waals surface area contributed by atoms with Gasteiger partial charge in [0.25, 0.3) is 0 Å². The topological polar surface area (TPSA) is 63.1 Å². The SMILES string of the molecule is CCc1nsc(C(=O)O)n1. The van der Waals surface area contributed by atoms with E-state index >= 15 is 0 Å². The van der Waals surface area contributed by atoms with Crippen LogP contribution < -0.4 is 0 Å². The first-order chi connectivity index (χ1) is 4.74. The van der Waals surface area contributed by atoms with Crippen LogP contribution in [-0.2, 0) is 6.42 Å². The lowest BCUT2D eigenvalue weighted by atomic mass is 10.5. The Balaban J connectivity index is 2.88. The van der Waals surface area contributed by atoms with E-state index < -0.39 is 5.97 Å². The summed E-state index contributed by atoms with van der Waals surface area (Å²) in [5.74, 6) is -0.403. The number of aromatic carboxylic acids is 1. The minimum Gasteiger partial charge on any atom is -0.476 e. The Morgan fingerprint density at radius 3 is 2.80 bits per heavy atom. The van der Waals surface area contributed by atoms with Crippen LogP contribution >= 0.6 is 11.5 Å². The van der Waals surface area contributed by atoms with Gasteiger partial charge < -0.3 is 5.11 Å². The van der Waals surface area contributed by atoms with Crippen LogP contribution in [0, 0.1) is 0 Å². The van der Waals surface area contributed by atoms with Gasteiger partial charge in [-0.05, 0) is 11.5 Å². The van der Waals surface area contributed by atoms with E-state index in [-0.39, 0.29) is 5.01 Å². The molecule has 1 aromatic rings. The fraction of sp³-hybridized carbons (Fsp3) is 0.400. The van der Waals surface area contributed by atoms with Crippen molar-refractivity contribution in [3.8, 4) is 0 Å². The number of aromatic nitrogens is 2. The fourth-order valence-electron chi connectivity index (χ4n) is 0.484. The van der Waals surface area contributed by atoms with Gasteiger partial charge in [-0.3, -0.25) is 0 Å². The summed E-state index contributed by atoms with van der Waals surface area (Å²) in [7, 11) is 0. The minimum atomic E-state index is -1.00. The first-order valence-electron chi connectivity index (χ1n) is 2.80. The van der Waals surface area contributed by atoms with Crippen LogP contribution in [0.5, 0.6) is 0 Å². The van der Waals surface area contributed by atoms with Gasteiger partial charge in [0, 0.05) is 6.42 Å². The molecule has 4 nitrogen and oxygen atoms in total. The molecule has 10 heavy (non-hydrogen) atoms. The maximum atomic E-state index is 10.2. The van der Waals surface area contributed by atoms with E-state index in [9.17, 15) is 4.79 Å². The quantitative estimate of drug-likeness (QED) is 0.691. The van der Waals surface area contributed by atoms with Crippen LogP contribution in [0.1, 0.15) is 22.6 Å². The van der Waals surface area contributed by atoms with Gasteiger partial charge in [-0.2, -0.15) is 4.37 Å². The number of hydrogen-bond acceptors (Lipinski definition) is 4. The highest BCUT2D eigenvalue weighted by molar-refractivity contribution is 7.07. The molecule has 0 aliphatic heterocycles. The van der Waals surface area contributed by atoms with E-state index in [1.807, 2.05) is 6.92 Å². The zero-order valence-corrected chi connectivity index (χ0v) is 6.18. The lowest BCUT2D eigenvalue weighted by molar-refractivity contribution is 0.0696. The van der Waals surface area contributed by atoms with Crippen molar-refractivity contribution in [2.24, 2.45) is 0 Å². The average Bonchev–Trinajstić information content (AvgIpc) is 2.34. The Morgan fingerprint density at radius 1 is 1.80 bits per heavy atom. The number of carboxylic acids is 1. The molecule has 1 heterocycles. The van der Waals surface area contributed by atoms with E-state index in [1.54, 1.807) is 0 Å². The van der Waals surface area contributed by atoms with Crippen molar-refractivity contribution >= 4 is 17.5 Å². The smallest absolute Gasteiger partial charge is 0.366 e. The van der Waals surface area contributed by atoms with Crippen molar-refractivity contribution in [1.29, 1.82) is 0 Å². The highest BCUT2D eigenvalue weighted by atomic mass is 32.1. The zero-order chi connectivity index (χ0) is 7.56. The summed E-state index contributed by atoms with van der Waals surface area (Å²) in [6.07, 6.45) is 0.684. The van der Waals surface area contributed by atoms with E-state index in [4.69, 9.17) is 5.11 Å². The van der Waals surface area contributed by atoms with Gasteiger partial charge in [-0.15, -0.1) is 0 Å². The van der Waals surface area contributed by atoms with E-state index in [2.05, 4.69) is 9.36 Å². The highest BCUT2D eigenvalue weighted by Crippen LogP contribution is 2.03. The van der Waals surface area contributed by atoms with Gasteiger partial charge in [0.05, 0.1) is 0 Å². The Morgan fingerprint density at radius 2 is 2.50 bits per heavy atom. The Kier molecular flexibility index (Phi) is 1.96. The molecule has 0 fully saturated rings. The molecule has 0 saturated carbocycles. The van der Waals surface area contributed by atoms with Crippen molar-refractivity contribution in [3.63, 3.8) is 0 Å². The van der Waals surface area contributed by atoms with E-state index in [1.165, 1.54) is 0 Å². The molecule has 0 spiro atoms. The standard InChI is InChI=1S/C5H6N2O2S/c1-2-3-6-4(5(8)9)10-7-3/h2H2,1H3,(H,8,9). The van der Waals surface area contributed by atoms with Gasteiger partial charge in [0.15, 0.2) is 0 Å². The van der Waals surface area contributed by atoms with Crippen LogP contribution in [0.25, 0.3) is 0 Å². The highest BCUT2D eigenvalue weighted by Gasteiger charge is 2.08. The van der Waals surface area contributed by atoms with Crippen LogP contribution in [0.3, 0.4) is 0 Å². The molecule has 0 amide bonds. The number of hydrogen-bond donors (Lipinski definition) is 1. The number of rotatable bonds is 2. The molecule has 0 radical (unpaired) electrons. The molecular formula is C5H6N2O2S. The number of aryl methyl sites for hydroxylation is 1. The van der Waals surface area contributed by atoms with Gasteiger partial charge in [-0.25, -0.2) is 9.78 Å². The molecule has 1 N–H and O–H groups in total. The number of carboxylic acid groups (broad SMARTS) is 1. The molecule has 0 aliphatic rings. The van der Waals surface area contributed by atoms with Crippen LogP contribution in [0.15, 0.2) is 0 Å². The van der Waals surface area contributed by atoms with Crippen molar-refractivity contribution in [3.05, 3.63) is 10.8 Å². The third-order valence-corrected chi connectivity index (χ3v) is 1.71. The van der Waals surface area contributed by atoms with Crippen molar-refractivity contribution in [2.45, 2.75) is 13.3 Å². The number of nitrogens with zero attached hydrogens (tertiary/aromatic N) is 2. The lowest BCUT2D eigenvalue weighted by Crippen LogP contribution is -1.94. The monoisotopic (exact) mass is 158 g/mol. The molecule has 0 unspecified atom stereocenters. The van der Waals surface area contributed by atoms with Gasteiger partial charge in [0.1, 0.15) is 5.82 Å². The maximum absolute atomic E-state index is 10.2. The minimum absolute atomic E-state index is 0.0665. The average molecular weight is 158 g/mol. The molecule has 54 valence electrons. The van der Waals surface area contributed by atoms with Gasteiger partial charge >= 0.3 is 5.97 Å². The third-order valence-electron chi connectivity index (χ3n) is 0.967. The summed E-state index contributed by atoms with van der Waals surface area (Å²) in [6, 6.07) is 0. The summed E-state index contributed by atoms with van der Waals surface area (Å²) >= 11 is 0.922. The molecule has 5 heteroatoms. The second-order valence-electron chi connectivity index (χ2n) is 1.67. The predicted octanol–water partition coefficient (Wildman–Crippen LogP) is 0.799. The molecule has 0 aliphatic carbocycles. The molecular weight excluding hydrogens is 152 g/mol. The van der Waals surface area contributed by atoms with Gasteiger partial charge in [0.2, 0.25) is 5.01 Å². The lowest BCUT2D eigenvalue weighted by Gasteiger charge is -1.79. The van der Waals surface area contributed by atoms with Crippen LogP contribution in [-0.4, -0.2) is 20.4 Å². The molecule has 0 bridgehead atoms. The maximum Gasteiger partial charge on any atom is 0.366 e. The van der Waals surface area contributed by atoms with E-state index in [0.29, 0.717) is 12.2 Å². The summed E-state index contributed by atoms with van der Waals surface area (Å²) in [4.78, 5) is 14.0. The van der Waals surface area contributed by atoms with E-state index in [0.717, 1.165) is 11.5 Å². The second kappa shape index (κ2) is 2.74. The molecule has 0 atom stereocenters.